The van der Waals surface area contributed by atoms with Crippen molar-refractivity contribution >= 4 is 22.2 Å². The molecule has 0 amide bonds. The molecule has 0 bridgehead atoms. The topological polar surface area (TPSA) is 87.6 Å². The minimum Gasteiger partial charge on any atom is -0.457 e. The molecule has 0 unspecified atom stereocenters. The lowest BCUT2D eigenvalue weighted by atomic mass is 10.2. The normalized spacial score (nSPS) is 10.8. The Kier molecular flexibility index (Phi) is 6.14. The van der Waals surface area contributed by atoms with Crippen LogP contribution in [0, 0.1) is 13.8 Å². The van der Waals surface area contributed by atoms with E-state index in [1.807, 2.05) is 50.2 Å². The van der Waals surface area contributed by atoms with E-state index in [-0.39, 0.29) is 0 Å². The van der Waals surface area contributed by atoms with Crippen molar-refractivity contribution in [1.82, 2.24) is 0 Å². The largest absolute Gasteiger partial charge is 0.457 e. The van der Waals surface area contributed by atoms with Gasteiger partial charge in [0.15, 0.2) is 0 Å². The van der Waals surface area contributed by atoms with Crippen molar-refractivity contribution in [2.75, 3.05) is 11.5 Å². The van der Waals surface area contributed by atoms with Crippen molar-refractivity contribution in [1.29, 1.82) is 0 Å². The van der Waals surface area contributed by atoms with Gasteiger partial charge in [0.2, 0.25) is 0 Å². The molecule has 5 nitrogen and oxygen atoms in total. The van der Waals surface area contributed by atoms with Crippen LogP contribution in [0.1, 0.15) is 11.1 Å². The molecule has 4 aromatic carbocycles. The van der Waals surface area contributed by atoms with Crippen molar-refractivity contribution < 1.29 is 13.7 Å². The standard InChI is InChI=1S/C26H24N2O3S/c1-17-15-21(7-13-25(17)27)30-19-3-9-23(10-4-19)32(29)24-11-5-20(6-12-24)31-22-8-14-26(28)18(2)16-22/h3-16H,27-28H2,1-2H3. The Hall–Kier alpha value is -3.77. The second-order valence-electron chi connectivity index (χ2n) is 7.45. The molecule has 0 radical (unpaired) electrons. The van der Waals surface area contributed by atoms with Crippen molar-refractivity contribution in [3.8, 4) is 23.0 Å². The number of hydrogen-bond acceptors (Lipinski definition) is 5. The Morgan fingerprint density at radius 3 is 1.25 bits per heavy atom. The Balaban J connectivity index is 1.43. The highest BCUT2D eigenvalue weighted by Crippen LogP contribution is 2.28. The molecule has 0 aliphatic rings. The summed E-state index contributed by atoms with van der Waals surface area (Å²) in [6.07, 6.45) is 0. The Bertz CT molecular complexity index is 1170. The van der Waals surface area contributed by atoms with Crippen LogP contribution < -0.4 is 20.9 Å². The summed E-state index contributed by atoms with van der Waals surface area (Å²) in [5, 5.41) is 0. The lowest BCUT2D eigenvalue weighted by Crippen LogP contribution is -1.94. The van der Waals surface area contributed by atoms with Crippen molar-refractivity contribution in [3.05, 3.63) is 96.1 Å². The summed E-state index contributed by atoms with van der Waals surface area (Å²) in [4.78, 5) is 1.38. The molecular formula is C26H24N2O3S. The van der Waals surface area contributed by atoms with Crippen LogP contribution in [0.3, 0.4) is 0 Å². The first-order valence-electron chi connectivity index (χ1n) is 10.1. The van der Waals surface area contributed by atoms with Gasteiger partial charge in [-0.1, -0.05) is 0 Å². The van der Waals surface area contributed by atoms with Crippen molar-refractivity contribution in [2.45, 2.75) is 23.6 Å². The smallest absolute Gasteiger partial charge is 0.127 e. The molecule has 0 atom stereocenters. The van der Waals surface area contributed by atoms with Gasteiger partial charge in [0.25, 0.3) is 0 Å². The molecule has 4 aromatic rings. The van der Waals surface area contributed by atoms with E-state index in [9.17, 15) is 4.21 Å². The van der Waals surface area contributed by atoms with Gasteiger partial charge in [0, 0.05) is 21.2 Å². The van der Waals surface area contributed by atoms with Crippen LogP contribution in [-0.2, 0) is 10.8 Å². The van der Waals surface area contributed by atoms with Gasteiger partial charge in [-0.25, -0.2) is 4.21 Å². The van der Waals surface area contributed by atoms with Gasteiger partial charge in [-0.2, -0.15) is 0 Å². The summed E-state index contributed by atoms with van der Waals surface area (Å²) in [7, 11) is -1.31. The number of anilines is 2. The third kappa shape index (κ3) is 4.92. The molecule has 4 N–H and O–H groups in total. The van der Waals surface area contributed by atoms with Gasteiger partial charge < -0.3 is 20.9 Å². The van der Waals surface area contributed by atoms with Gasteiger partial charge in [-0.15, -0.1) is 0 Å². The molecule has 0 saturated carbocycles. The Labute approximate surface area is 190 Å². The van der Waals surface area contributed by atoms with E-state index in [1.54, 1.807) is 48.5 Å². The minimum absolute atomic E-state index is 0.664. The SMILES string of the molecule is Cc1cc(Oc2ccc(S(=O)c3ccc(Oc4ccc(N)c(C)c4)cc3)cc2)ccc1N. The number of aryl methyl sites for hydroxylation is 2. The minimum atomic E-state index is -1.31. The van der Waals surface area contributed by atoms with E-state index in [0.29, 0.717) is 32.8 Å². The highest BCUT2D eigenvalue weighted by molar-refractivity contribution is 7.85. The first kappa shape index (κ1) is 21.5. The zero-order chi connectivity index (χ0) is 22.7. The fraction of sp³-hybridized carbons (Fsp3) is 0.0769. The van der Waals surface area contributed by atoms with Crippen LogP contribution in [0.2, 0.25) is 0 Å². The lowest BCUT2D eigenvalue weighted by molar-refractivity contribution is 0.482. The molecule has 0 aromatic heterocycles. The molecule has 4 rings (SSSR count). The van der Waals surface area contributed by atoms with Gasteiger partial charge in [0.05, 0.1) is 10.8 Å². The van der Waals surface area contributed by atoms with E-state index in [2.05, 4.69) is 0 Å². The predicted octanol–water partition coefficient (Wildman–Crippen LogP) is 6.22. The monoisotopic (exact) mass is 444 g/mol. The summed E-state index contributed by atoms with van der Waals surface area (Å²) in [5.41, 5.74) is 15.1. The maximum atomic E-state index is 13.0. The highest BCUT2D eigenvalue weighted by Gasteiger charge is 2.09. The third-order valence-electron chi connectivity index (χ3n) is 5.03. The maximum absolute atomic E-state index is 13.0. The third-order valence-corrected chi connectivity index (χ3v) is 6.43. The second-order valence-corrected chi connectivity index (χ2v) is 8.93. The zero-order valence-electron chi connectivity index (χ0n) is 17.9. The molecule has 0 aliphatic carbocycles. The van der Waals surface area contributed by atoms with E-state index in [4.69, 9.17) is 20.9 Å². The molecule has 0 saturated heterocycles. The van der Waals surface area contributed by atoms with E-state index < -0.39 is 10.8 Å². The lowest BCUT2D eigenvalue weighted by Gasteiger charge is -2.10. The first-order valence-corrected chi connectivity index (χ1v) is 11.2. The summed E-state index contributed by atoms with van der Waals surface area (Å²) in [6, 6.07) is 25.5. The molecule has 6 heteroatoms. The first-order chi connectivity index (χ1) is 15.4. The molecular weight excluding hydrogens is 420 g/mol. The Morgan fingerprint density at radius 1 is 0.562 bits per heavy atom. The van der Waals surface area contributed by atoms with Gasteiger partial charge in [0.1, 0.15) is 23.0 Å². The molecule has 0 aliphatic heterocycles. The number of hydrogen-bond donors (Lipinski definition) is 2. The summed E-state index contributed by atoms with van der Waals surface area (Å²) >= 11 is 0. The average Bonchev–Trinajstić information content (AvgIpc) is 2.79. The van der Waals surface area contributed by atoms with Gasteiger partial charge >= 0.3 is 0 Å². The fourth-order valence-corrected chi connectivity index (χ4v) is 4.13. The van der Waals surface area contributed by atoms with Crippen LogP contribution in [0.5, 0.6) is 23.0 Å². The van der Waals surface area contributed by atoms with Crippen molar-refractivity contribution in [2.24, 2.45) is 0 Å². The average molecular weight is 445 g/mol. The van der Waals surface area contributed by atoms with Crippen LogP contribution >= 0.6 is 0 Å². The molecule has 32 heavy (non-hydrogen) atoms. The van der Waals surface area contributed by atoms with Gasteiger partial charge in [-0.3, -0.25) is 0 Å². The van der Waals surface area contributed by atoms with E-state index >= 15 is 0 Å². The van der Waals surface area contributed by atoms with Crippen LogP contribution in [0.4, 0.5) is 11.4 Å². The van der Waals surface area contributed by atoms with Crippen LogP contribution in [0.25, 0.3) is 0 Å². The summed E-state index contributed by atoms with van der Waals surface area (Å²) < 4.78 is 24.7. The van der Waals surface area contributed by atoms with Crippen molar-refractivity contribution in [3.63, 3.8) is 0 Å². The number of nitrogens with two attached hydrogens (primary N) is 2. The number of nitrogen functional groups attached to an aromatic ring is 2. The predicted molar refractivity (Wildman–Crippen MR) is 129 cm³/mol. The van der Waals surface area contributed by atoms with Gasteiger partial charge in [-0.05, 0) is 110 Å². The molecule has 0 heterocycles. The van der Waals surface area contributed by atoms with E-state index in [1.165, 1.54) is 0 Å². The van der Waals surface area contributed by atoms with Crippen LogP contribution in [-0.4, -0.2) is 4.21 Å². The molecule has 0 fully saturated rings. The maximum Gasteiger partial charge on any atom is 0.127 e. The quantitative estimate of drug-likeness (QED) is 0.345. The van der Waals surface area contributed by atoms with Crippen LogP contribution in [0.15, 0.2) is 94.7 Å². The zero-order valence-corrected chi connectivity index (χ0v) is 18.7. The number of benzene rings is 4. The summed E-state index contributed by atoms with van der Waals surface area (Å²) in [5.74, 6) is 2.74. The van der Waals surface area contributed by atoms with E-state index in [0.717, 1.165) is 22.5 Å². The Morgan fingerprint density at radius 2 is 0.906 bits per heavy atom. The summed E-state index contributed by atoms with van der Waals surface area (Å²) in [6.45, 7) is 3.86. The molecule has 0 spiro atoms. The second kappa shape index (κ2) is 9.16. The fourth-order valence-electron chi connectivity index (χ4n) is 3.09. The molecule has 162 valence electrons. The number of ether oxygens (including phenoxy) is 2. The number of rotatable bonds is 6. The highest BCUT2D eigenvalue weighted by atomic mass is 32.2.